The smallest absolute Gasteiger partial charge is 0.126 e. The lowest BCUT2D eigenvalue weighted by molar-refractivity contribution is 0.0343. The van der Waals surface area contributed by atoms with Crippen LogP contribution in [0.15, 0.2) is 18.3 Å². The Morgan fingerprint density at radius 1 is 1.50 bits per heavy atom. The molecule has 3 N–H and O–H groups in total. The summed E-state index contributed by atoms with van der Waals surface area (Å²) >= 11 is 0. The first-order valence-corrected chi connectivity index (χ1v) is 4.54. The third-order valence-electron chi connectivity index (χ3n) is 2.03. The van der Waals surface area contributed by atoms with Crippen LogP contribution in [0.4, 0.5) is 11.5 Å². The predicted molar refractivity (Wildman–Crippen MR) is 58.2 cm³/mol. The molecule has 1 aromatic rings. The van der Waals surface area contributed by atoms with Gasteiger partial charge in [0.15, 0.2) is 0 Å². The minimum atomic E-state index is -0.191. The number of nitrogens with zero attached hydrogens (tertiary/aromatic N) is 1. The van der Waals surface area contributed by atoms with E-state index in [1.54, 1.807) is 13.3 Å². The van der Waals surface area contributed by atoms with Crippen LogP contribution in [0, 0.1) is 0 Å². The maximum atomic E-state index is 5.52. The van der Waals surface area contributed by atoms with Gasteiger partial charge in [-0.25, -0.2) is 4.98 Å². The Morgan fingerprint density at radius 2 is 2.21 bits per heavy atom. The van der Waals surface area contributed by atoms with Gasteiger partial charge in [0, 0.05) is 13.7 Å². The first-order valence-electron chi connectivity index (χ1n) is 4.54. The topological polar surface area (TPSA) is 60.2 Å². The van der Waals surface area contributed by atoms with Crippen LogP contribution >= 0.6 is 0 Å². The average Bonchev–Trinajstić information content (AvgIpc) is 2.17. The highest BCUT2D eigenvalue weighted by atomic mass is 16.5. The fraction of sp³-hybridized carbons (Fsp3) is 0.500. The number of nitrogens with one attached hydrogen (secondary N) is 1. The molecule has 0 bridgehead atoms. The maximum absolute atomic E-state index is 5.52. The number of nitrogens with two attached hydrogens (primary N) is 1. The molecule has 0 saturated heterocycles. The second kappa shape index (κ2) is 4.28. The molecule has 0 atom stereocenters. The van der Waals surface area contributed by atoms with Crippen LogP contribution in [0.3, 0.4) is 0 Å². The van der Waals surface area contributed by atoms with E-state index in [9.17, 15) is 0 Å². The van der Waals surface area contributed by atoms with Crippen molar-refractivity contribution in [2.45, 2.75) is 19.4 Å². The zero-order chi connectivity index (χ0) is 10.6. The van der Waals surface area contributed by atoms with Crippen LogP contribution in [0.2, 0.25) is 0 Å². The molecule has 0 amide bonds. The predicted octanol–water partition coefficient (Wildman–Crippen LogP) is 1.50. The molecular weight excluding hydrogens is 178 g/mol. The second-order valence-corrected chi connectivity index (χ2v) is 3.79. The third kappa shape index (κ3) is 3.22. The number of hydrogen-bond acceptors (Lipinski definition) is 4. The first-order chi connectivity index (χ1) is 6.53. The minimum Gasteiger partial charge on any atom is -0.397 e. The summed E-state index contributed by atoms with van der Waals surface area (Å²) in [6.07, 6.45) is 1.63. The van der Waals surface area contributed by atoms with Crippen LogP contribution in [-0.2, 0) is 4.74 Å². The van der Waals surface area contributed by atoms with Gasteiger partial charge in [-0.3, -0.25) is 0 Å². The Kier molecular flexibility index (Phi) is 3.30. The van der Waals surface area contributed by atoms with Crippen molar-refractivity contribution in [1.82, 2.24) is 4.98 Å². The van der Waals surface area contributed by atoms with Crippen LogP contribution in [0.5, 0.6) is 0 Å². The molecule has 0 fully saturated rings. The highest BCUT2D eigenvalue weighted by Crippen LogP contribution is 2.10. The summed E-state index contributed by atoms with van der Waals surface area (Å²) in [5, 5.41) is 3.17. The average molecular weight is 195 g/mol. The lowest BCUT2D eigenvalue weighted by atomic mass is 10.1. The Balaban J connectivity index is 2.50. The van der Waals surface area contributed by atoms with Crippen molar-refractivity contribution in [1.29, 1.82) is 0 Å². The summed E-state index contributed by atoms with van der Waals surface area (Å²) in [7, 11) is 1.69. The van der Waals surface area contributed by atoms with Gasteiger partial charge in [-0.1, -0.05) is 0 Å². The molecule has 1 aromatic heterocycles. The summed E-state index contributed by atoms with van der Waals surface area (Å²) < 4.78 is 5.27. The van der Waals surface area contributed by atoms with Gasteiger partial charge in [0.2, 0.25) is 0 Å². The third-order valence-corrected chi connectivity index (χ3v) is 2.03. The molecule has 0 spiro atoms. The molecule has 0 aliphatic carbocycles. The Labute approximate surface area is 84.5 Å². The molecule has 4 heteroatoms. The van der Waals surface area contributed by atoms with Crippen molar-refractivity contribution in [2.75, 3.05) is 24.7 Å². The van der Waals surface area contributed by atoms with E-state index in [1.165, 1.54) is 0 Å². The van der Waals surface area contributed by atoms with Gasteiger partial charge in [-0.15, -0.1) is 0 Å². The van der Waals surface area contributed by atoms with Gasteiger partial charge in [0.05, 0.1) is 17.5 Å². The van der Waals surface area contributed by atoms with Gasteiger partial charge >= 0.3 is 0 Å². The van der Waals surface area contributed by atoms with E-state index in [0.717, 1.165) is 5.82 Å². The number of rotatable bonds is 4. The molecule has 0 radical (unpaired) electrons. The highest BCUT2D eigenvalue weighted by Gasteiger charge is 2.15. The van der Waals surface area contributed by atoms with Gasteiger partial charge in [0.1, 0.15) is 5.82 Å². The molecular formula is C10H17N3O. The summed E-state index contributed by atoms with van der Waals surface area (Å²) in [4.78, 5) is 4.12. The van der Waals surface area contributed by atoms with Gasteiger partial charge in [0.25, 0.3) is 0 Å². The Morgan fingerprint density at radius 3 is 2.71 bits per heavy atom. The van der Waals surface area contributed by atoms with Crippen molar-refractivity contribution < 1.29 is 4.74 Å². The van der Waals surface area contributed by atoms with E-state index < -0.39 is 0 Å². The molecule has 0 unspecified atom stereocenters. The van der Waals surface area contributed by atoms with Crippen LogP contribution in [0.25, 0.3) is 0 Å². The summed E-state index contributed by atoms with van der Waals surface area (Å²) in [5.74, 6) is 0.810. The van der Waals surface area contributed by atoms with Gasteiger partial charge < -0.3 is 15.8 Å². The molecule has 0 saturated carbocycles. The van der Waals surface area contributed by atoms with Crippen LogP contribution in [0.1, 0.15) is 13.8 Å². The zero-order valence-electron chi connectivity index (χ0n) is 8.87. The first kappa shape index (κ1) is 10.8. The van der Waals surface area contributed by atoms with E-state index in [4.69, 9.17) is 10.5 Å². The van der Waals surface area contributed by atoms with E-state index in [2.05, 4.69) is 10.3 Å². The quantitative estimate of drug-likeness (QED) is 0.764. The maximum Gasteiger partial charge on any atom is 0.126 e. The standard InChI is InChI=1S/C10H17N3O/c1-10(2,14-3)7-13-9-5-4-8(11)6-12-9/h4-6H,7,11H2,1-3H3,(H,12,13). The zero-order valence-corrected chi connectivity index (χ0v) is 8.87. The number of ether oxygens (including phenoxy) is 1. The largest absolute Gasteiger partial charge is 0.397 e. The fourth-order valence-corrected chi connectivity index (χ4v) is 0.885. The normalized spacial score (nSPS) is 11.4. The number of hydrogen-bond donors (Lipinski definition) is 2. The minimum absolute atomic E-state index is 0.191. The van der Waals surface area contributed by atoms with Crippen LogP contribution in [-0.4, -0.2) is 24.2 Å². The summed E-state index contributed by atoms with van der Waals surface area (Å²) in [5.41, 5.74) is 6.00. The highest BCUT2D eigenvalue weighted by molar-refractivity contribution is 5.43. The lowest BCUT2D eigenvalue weighted by Crippen LogP contribution is -2.32. The Hall–Kier alpha value is -1.29. The number of nitrogen functional groups attached to an aromatic ring is 1. The van der Waals surface area contributed by atoms with Crippen molar-refractivity contribution in [2.24, 2.45) is 0 Å². The van der Waals surface area contributed by atoms with Crippen molar-refractivity contribution in [3.8, 4) is 0 Å². The molecule has 78 valence electrons. The number of methoxy groups -OCH3 is 1. The van der Waals surface area contributed by atoms with Crippen molar-refractivity contribution in [3.63, 3.8) is 0 Å². The number of anilines is 2. The molecule has 0 aromatic carbocycles. The number of pyridine rings is 1. The van der Waals surface area contributed by atoms with E-state index in [0.29, 0.717) is 12.2 Å². The lowest BCUT2D eigenvalue weighted by Gasteiger charge is -2.23. The molecule has 0 aliphatic heterocycles. The van der Waals surface area contributed by atoms with Gasteiger partial charge in [-0.05, 0) is 26.0 Å². The summed E-state index contributed by atoms with van der Waals surface area (Å²) in [6.45, 7) is 4.73. The Bertz CT molecular complexity index is 282. The second-order valence-electron chi connectivity index (χ2n) is 3.79. The van der Waals surface area contributed by atoms with E-state index >= 15 is 0 Å². The van der Waals surface area contributed by atoms with E-state index in [-0.39, 0.29) is 5.60 Å². The van der Waals surface area contributed by atoms with E-state index in [1.807, 2.05) is 26.0 Å². The molecule has 1 heterocycles. The summed E-state index contributed by atoms with van der Waals surface area (Å²) in [6, 6.07) is 3.66. The van der Waals surface area contributed by atoms with Gasteiger partial charge in [-0.2, -0.15) is 0 Å². The molecule has 0 aliphatic rings. The van der Waals surface area contributed by atoms with Crippen LogP contribution < -0.4 is 11.1 Å². The van der Waals surface area contributed by atoms with Crippen molar-refractivity contribution >= 4 is 11.5 Å². The SMILES string of the molecule is COC(C)(C)CNc1ccc(N)cn1. The van der Waals surface area contributed by atoms with Crippen molar-refractivity contribution in [3.05, 3.63) is 18.3 Å². The number of aromatic nitrogens is 1. The molecule has 14 heavy (non-hydrogen) atoms. The monoisotopic (exact) mass is 195 g/mol. The molecule has 1 rings (SSSR count). The molecule has 4 nitrogen and oxygen atoms in total. The fourth-order valence-electron chi connectivity index (χ4n) is 0.885.